The SMILES string of the molecule is O=C(c1cnc(-c2cccs2)s1)N1CCN(S(=O)(=O)N2CCOCC2)CC1. The molecule has 2 fully saturated rings. The van der Waals surface area contributed by atoms with Gasteiger partial charge in [0.25, 0.3) is 16.1 Å². The number of aromatic nitrogens is 1. The minimum Gasteiger partial charge on any atom is -0.379 e. The third-order valence-corrected chi connectivity index (χ3v) is 8.66. The summed E-state index contributed by atoms with van der Waals surface area (Å²) >= 11 is 2.96. The van der Waals surface area contributed by atoms with Gasteiger partial charge in [0.15, 0.2) is 0 Å². The average molecular weight is 429 g/mol. The van der Waals surface area contributed by atoms with E-state index in [4.69, 9.17) is 4.74 Å². The number of morpholine rings is 1. The molecule has 0 spiro atoms. The van der Waals surface area contributed by atoms with Crippen LogP contribution in [0.2, 0.25) is 0 Å². The van der Waals surface area contributed by atoms with Gasteiger partial charge in [-0.1, -0.05) is 6.07 Å². The summed E-state index contributed by atoms with van der Waals surface area (Å²) in [5, 5.41) is 2.81. The molecule has 8 nitrogen and oxygen atoms in total. The Morgan fingerprint density at radius 3 is 2.44 bits per heavy atom. The maximum Gasteiger partial charge on any atom is 0.282 e. The molecular formula is C16H20N4O4S3. The fourth-order valence-corrected chi connectivity index (χ4v) is 6.36. The first-order valence-electron chi connectivity index (χ1n) is 8.67. The van der Waals surface area contributed by atoms with Crippen molar-refractivity contribution >= 4 is 38.8 Å². The summed E-state index contributed by atoms with van der Waals surface area (Å²) in [6, 6.07) is 3.93. The quantitative estimate of drug-likeness (QED) is 0.731. The molecule has 2 aliphatic heterocycles. The molecule has 4 rings (SSSR count). The Bertz CT molecular complexity index is 883. The molecule has 0 aromatic carbocycles. The van der Waals surface area contributed by atoms with Crippen LogP contribution in [0, 0.1) is 0 Å². The molecular weight excluding hydrogens is 408 g/mol. The molecule has 2 saturated heterocycles. The number of carbonyl (C=O) groups excluding carboxylic acids is 1. The molecule has 0 aliphatic carbocycles. The zero-order valence-corrected chi connectivity index (χ0v) is 17.1. The summed E-state index contributed by atoms with van der Waals surface area (Å²) in [6.07, 6.45) is 1.61. The first-order chi connectivity index (χ1) is 13.1. The fourth-order valence-electron chi connectivity index (χ4n) is 3.11. The summed E-state index contributed by atoms with van der Waals surface area (Å²) in [4.78, 5) is 20.4. The predicted molar refractivity (Wildman–Crippen MR) is 104 cm³/mol. The molecule has 0 saturated carbocycles. The van der Waals surface area contributed by atoms with Gasteiger partial charge >= 0.3 is 0 Å². The van der Waals surface area contributed by atoms with Crippen LogP contribution in [0.15, 0.2) is 23.7 Å². The Morgan fingerprint density at radius 1 is 1.07 bits per heavy atom. The number of thiophene rings is 1. The number of hydrogen-bond donors (Lipinski definition) is 0. The van der Waals surface area contributed by atoms with Gasteiger partial charge in [-0.2, -0.15) is 17.0 Å². The van der Waals surface area contributed by atoms with Crippen molar-refractivity contribution in [2.24, 2.45) is 0 Å². The molecule has 2 aromatic heterocycles. The lowest BCUT2D eigenvalue weighted by Gasteiger charge is -2.37. The first kappa shape index (κ1) is 19.0. The molecule has 1 amide bonds. The molecule has 27 heavy (non-hydrogen) atoms. The highest BCUT2D eigenvalue weighted by molar-refractivity contribution is 7.86. The Balaban J connectivity index is 1.38. The number of rotatable bonds is 4. The fraction of sp³-hybridized carbons (Fsp3) is 0.500. The number of ether oxygens (including phenoxy) is 1. The molecule has 2 aliphatic rings. The molecule has 0 atom stereocenters. The van der Waals surface area contributed by atoms with E-state index in [1.165, 1.54) is 19.9 Å². The number of piperazine rings is 1. The van der Waals surface area contributed by atoms with Crippen molar-refractivity contribution in [2.75, 3.05) is 52.5 Å². The summed E-state index contributed by atoms with van der Waals surface area (Å²) < 4.78 is 33.6. The lowest BCUT2D eigenvalue weighted by atomic mass is 10.3. The normalized spacial score (nSPS) is 20.1. The summed E-state index contributed by atoms with van der Waals surface area (Å²) in [7, 11) is -3.48. The van der Waals surface area contributed by atoms with Crippen LogP contribution in [0.5, 0.6) is 0 Å². The maximum atomic E-state index is 12.7. The molecule has 2 aromatic rings. The van der Waals surface area contributed by atoms with Gasteiger partial charge in [-0.05, 0) is 11.4 Å². The van der Waals surface area contributed by atoms with Crippen LogP contribution in [0.3, 0.4) is 0 Å². The Kier molecular flexibility index (Phi) is 5.58. The summed E-state index contributed by atoms with van der Waals surface area (Å²) in [6.45, 7) is 3.00. The van der Waals surface area contributed by atoms with Gasteiger partial charge in [-0.3, -0.25) is 4.79 Å². The van der Waals surface area contributed by atoms with Gasteiger partial charge in [-0.15, -0.1) is 22.7 Å². The standard InChI is InChI=1S/C16H20N4O4S3/c21-16(14-12-17-15(26-14)13-2-1-11-25-13)18-3-5-19(6-4-18)27(22,23)20-7-9-24-10-8-20/h1-2,11-12H,3-10H2. The van der Waals surface area contributed by atoms with Gasteiger partial charge in [0.05, 0.1) is 24.3 Å². The van der Waals surface area contributed by atoms with E-state index in [0.717, 1.165) is 9.88 Å². The molecule has 146 valence electrons. The Morgan fingerprint density at radius 2 is 1.78 bits per heavy atom. The largest absolute Gasteiger partial charge is 0.379 e. The third kappa shape index (κ3) is 3.93. The molecule has 0 unspecified atom stereocenters. The second-order valence-corrected chi connectivity index (χ2v) is 10.1. The van der Waals surface area contributed by atoms with Crippen LogP contribution in [0.4, 0.5) is 0 Å². The third-order valence-electron chi connectivity index (χ3n) is 4.60. The van der Waals surface area contributed by atoms with Crippen LogP contribution in [-0.4, -0.2) is 85.3 Å². The number of amides is 1. The summed E-state index contributed by atoms with van der Waals surface area (Å²) in [5.41, 5.74) is 0. The van der Waals surface area contributed by atoms with E-state index in [1.54, 1.807) is 22.4 Å². The highest BCUT2D eigenvalue weighted by atomic mass is 32.2. The van der Waals surface area contributed by atoms with Crippen LogP contribution in [0.1, 0.15) is 9.67 Å². The first-order valence-corrected chi connectivity index (χ1v) is 11.8. The van der Waals surface area contributed by atoms with Crippen LogP contribution in [-0.2, 0) is 14.9 Å². The van der Waals surface area contributed by atoms with Crippen LogP contribution < -0.4 is 0 Å². The zero-order valence-electron chi connectivity index (χ0n) is 14.6. The molecule has 4 heterocycles. The molecule has 0 N–H and O–H groups in total. The minimum atomic E-state index is -3.48. The van der Waals surface area contributed by atoms with Gasteiger partial charge in [-0.25, -0.2) is 4.98 Å². The van der Waals surface area contributed by atoms with Gasteiger partial charge in [0.1, 0.15) is 9.88 Å². The maximum absolute atomic E-state index is 12.7. The second kappa shape index (κ2) is 7.94. The smallest absolute Gasteiger partial charge is 0.282 e. The van der Waals surface area contributed by atoms with E-state index in [-0.39, 0.29) is 5.91 Å². The highest BCUT2D eigenvalue weighted by Crippen LogP contribution is 2.29. The molecule has 0 radical (unpaired) electrons. The van der Waals surface area contributed by atoms with Crippen molar-refractivity contribution in [3.63, 3.8) is 0 Å². The monoisotopic (exact) mass is 428 g/mol. The molecule has 0 bridgehead atoms. The van der Waals surface area contributed by atoms with Gasteiger partial charge in [0.2, 0.25) is 0 Å². The van der Waals surface area contributed by atoms with E-state index in [9.17, 15) is 13.2 Å². The van der Waals surface area contributed by atoms with Crippen molar-refractivity contribution in [1.82, 2.24) is 18.5 Å². The van der Waals surface area contributed by atoms with E-state index >= 15 is 0 Å². The number of thiazole rings is 1. The van der Waals surface area contributed by atoms with Crippen molar-refractivity contribution in [1.29, 1.82) is 0 Å². The Hall–Kier alpha value is -1.37. The Labute approximate surface area is 166 Å². The lowest BCUT2D eigenvalue weighted by Crippen LogP contribution is -2.55. The van der Waals surface area contributed by atoms with E-state index in [0.29, 0.717) is 57.4 Å². The minimum absolute atomic E-state index is 0.0845. The number of carbonyl (C=O) groups is 1. The number of hydrogen-bond acceptors (Lipinski definition) is 7. The van der Waals surface area contributed by atoms with Crippen molar-refractivity contribution in [3.8, 4) is 9.88 Å². The average Bonchev–Trinajstić information content (AvgIpc) is 3.40. The van der Waals surface area contributed by atoms with Crippen molar-refractivity contribution < 1.29 is 17.9 Å². The lowest BCUT2D eigenvalue weighted by molar-refractivity contribution is 0.0639. The summed E-state index contributed by atoms with van der Waals surface area (Å²) in [5.74, 6) is -0.0845. The predicted octanol–water partition coefficient (Wildman–Crippen LogP) is 1.21. The number of nitrogens with zero attached hydrogens (tertiary/aromatic N) is 4. The second-order valence-electron chi connectivity index (χ2n) is 6.22. The van der Waals surface area contributed by atoms with Crippen molar-refractivity contribution in [2.45, 2.75) is 0 Å². The highest BCUT2D eigenvalue weighted by Gasteiger charge is 2.34. The van der Waals surface area contributed by atoms with Crippen molar-refractivity contribution in [3.05, 3.63) is 28.6 Å². The topological polar surface area (TPSA) is 83.1 Å². The zero-order chi connectivity index (χ0) is 18.9. The van der Waals surface area contributed by atoms with E-state index in [1.807, 2.05) is 17.5 Å². The molecule has 11 heteroatoms. The van der Waals surface area contributed by atoms with Gasteiger partial charge in [0, 0.05) is 39.3 Å². The van der Waals surface area contributed by atoms with Gasteiger partial charge < -0.3 is 9.64 Å². The van der Waals surface area contributed by atoms with Crippen LogP contribution >= 0.6 is 22.7 Å². The van der Waals surface area contributed by atoms with E-state index in [2.05, 4.69) is 4.98 Å². The van der Waals surface area contributed by atoms with Crippen LogP contribution in [0.25, 0.3) is 9.88 Å². The van der Waals surface area contributed by atoms with E-state index < -0.39 is 10.2 Å².